The van der Waals surface area contributed by atoms with E-state index in [1.165, 1.54) is 28.0 Å². The Bertz CT molecular complexity index is 676. The normalized spacial score (nSPS) is 27.2. The van der Waals surface area contributed by atoms with Gasteiger partial charge in [-0.3, -0.25) is 4.79 Å². The number of hydrogen-bond donors (Lipinski definition) is 3. The van der Waals surface area contributed by atoms with Crippen molar-refractivity contribution in [1.82, 2.24) is 15.1 Å². The molecule has 0 spiro atoms. The van der Waals surface area contributed by atoms with Crippen LogP contribution in [-0.2, 0) is 9.59 Å². The molecule has 2 aliphatic heterocycles. The van der Waals surface area contributed by atoms with E-state index >= 15 is 0 Å². The van der Waals surface area contributed by atoms with Crippen molar-refractivity contribution in [2.24, 2.45) is 17.6 Å². The van der Waals surface area contributed by atoms with E-state index in [9.17, 15) is 19.8 Å². The number of thioether (sulfide) groups is 1. The van der Waals surface area contributed by atoms with E-state index in [-0.39, 0.29) is 23.6 Å². The van der Waals surface area contributed by atoms with E-state index in [4.69, 9.17) is 5.73 Å². The third-order valence-corrected chi connectivity index (χ3v) is 6.39. The Balaban J connectivity index is 1.92. The Hall–Kier alpha value is -1.49. The van der Waals surface area contributed by atoms with Crippen molar-refractivity contribution in [2.75, 3.05) is 12.3 Å². The van der Waals surface area contributed by atoms with Gasteiger partial charge in [0.2, 0.25) is 5.91 Å². The number of carboxylic acid groups (broad SMARTS) is 1. The first-order chi connectivity index (χ1) is 11.5. The van der Waals surface area contributed by atoms with Gasteiger partial charge in [-0.25, -0.2) is 4.79 Å². The first-order valence-electron chi connectivity index (χ1n) is 7.53. The summed E-state index contributed by atoms with van der Waals surface area (Å²) < 4.78 is 0.742. The number of carboxylic acids is 1. The number of β-lactam (4-membered cyclic amide) rings is 1. The fraction of sp³-hybridized carbons (Fsp3) is 0.571. The molecular formula is C14H18N4O4S2. The maximum atomic E-state index is 12.3. The van der Waals surface area contributed by atoms with Crippen LogP contribution in [0.3, 0.4) is 0 Å². The molecule has 3 heterocycles. The van der Waals surface area contributed by atoms with Crippen LogP contribution in [-0.4, -0.2) is 61.6 Å². The quantitative estimate of drug-likeness (QED) is 0.457. The van der Waals surface area contributed by atoms with E-state index in [2.05, 4.69) is 10.2 Å². The molecule has 1 aromatic heterocycles. The second kappa shape index (κ2) is 6.79. The summed E-state index contributed by atoms with van der Waals surface area (Å²) in [6.07, 6.45) is -0.246. The van der Waals surface area contributed by atoms with E-state index in [1.807, 2.05) is 0 Å². The third kappa shape index (κ3) is 2.73. The lowest BCUT2D eigenvalue weighted by Crippen LogP contribution is -2.64. The summed E-state index contributed by atoms with van der Waals surface area (Å²) in [5.74, 6) is -1.76. The topological polar surface area (TPSA) is 130 Å². The number of rotatable bonds is 7. The lowest BCUT2D eigenvalue weighted by Gasteiger charge is -2.47. The van der Waals surface area contributed by atoms with Crippen molar-refractivity contribution in [3.05, 3.63) is 16.8 Å². The number of hydrogen-bond acceptors (Lipinski definition) is 8. The smallest absolute Gasteiger partial charge is 0.352 e. The molecule has 0 bridgehead atoms. The maximum Gasteiger partial charge on any atom is 0.352 e. The van der Waals surface area contributed by atoms with Gasteiger partial charge in [0.1, 0.15) is 11.2 Å². The van der Waals surface area contributed by atoms with Crippen molar-refractivity contribution in [3.63, 3.8) is 0 Å². The minimum Gasteiger partial charge on any atom is -0.477 e. The Morgan fingerprint density at radius 3 is 2.88 bits per heavy atom. The van der Waals surface area contributed by atoms with Crippen LogP contribution in [0.5, 0.6) is 0 Å². The van der Waals surface area contributed by atoms with Crippen LogP contribution in [0.1, 0.15) is 13.3 Å². The molecule has 0 aromatic carbocycles. The van der Waals surface area contributed by atoms with Gasteiger partial charge in [0.25, 0.3) is 0 Å². The summed E-state index contributed by atoms with van der Waals surface area (Å²) in [6, 6.07) is -0.322. The standard InChI is InChI=1S/C14H18N4O4S2/c1-6(19)9-10-7(2-3-15)8(4-23-14-17-16-5-24-14)11(13(21)22)18(10)12(9)20/h5-7,9-10,19H,2-4,15H2,1H3,(H,21,22)/t6-,7+,9-,10-/m1/s1. The zero-order valence-electron chi connectivity index (χ0n) is 13.0. The largest absolute Gasteiger partial charge is 0.477 e. The van der Waals surface area contributed by atoms with E-state index in [0.29, 0.717) is 24.3 Å². The third-order valence-electron chi connectivity index (χ3n) is 4.48. The molecule has 8 nitrogen and oxygen atoms in total. The van der Waals surface area contributed by atoms with Crippen LogP contribution in [0, 0.1) is 11.8 Å². The van der Waals surface area contributed by atoms with Gasteiger partial charge in [-0.1, -0.05) is 23.1 Å². The fourth-order valence-corrected chi connectivity index (χ4v) is 5.15. The van der Waals surface area contributed by atoms with E-state index in [0.717, 1.165) is 4.34 Å². The number of aliphatic hydroxyl groups is 1. The lowest BCUT2D eigenvalue weighted by atomic mass is 9.76. The summed E-state index contributed by atoms with van der Waals surface area (Å²) in [4.78, 5) is 25.4. The molecule has 0 aliphatic carbocycles. The Morgan fingerprint density at radius 2 is 2.33 bits per heavy atom. The number of nitrogens with zero attached hydrogens (tertiary/aromatic N) is 3. The number of nitrogens with two attached hydrogens (primary N) is 1. The predicted octanol–water partition coefficient (Wildman–Crippen LogP) is 0.155. The van der Waals surface area contributed by atoms with Crippen LogP contribution in [0.15, 0.2) is 21.1 Å². The fourth-order valence-electron chi connectivity index (χ4n) is 3.56. The van der Waals surface area contributed by atoms with Crippen LogP contribution < -0.4 is 5.73 Å². The van der Waals surface area contributed by atoms with Gasteiger partial charge >= 0.3 is 5.97 Å². The van der Waals surface area contributed by atoms with Crippen molar-refractivity contribution in [2.45, 2.75) is 29.8 Å². The summed E-state index contributed by atoms with van der Waals surface area (Å²) in [5, 5.41) is 27.2. The number of aliphatic hydroxyl groups excluding tert-OH is 1. The van der Waals surface area contributed by atoms with Crippen LogP contribution in [0.25, 0.3) is 0 Å². The molecule has 1 saturated heterocycles. The van der Waals surface area contributed by atoms with Crippen molar-refractivity contribution in [3.8, 4) is 0 Å². The monoisotopic (exact) mass is 370 g/mol. The van der Waals surface area contributed by atoms with Gasteiger partial charge in [0.15, 0.2) is 4.34 Å². The molecule has 4 N–H and O–H groups in total. The zero-order valence-corrected chi connectivity index (χ0v) is 14.6. The highest BCUT2D eigenvalue weighted by Crippen LogP contribution is 2.49. The Labute approximate surface area is 146 Å². The second-order valence-corrected chi connectivity index (χ2v) is 7.88. The molecule has 130 valence electrons. The summed E-state index contributed by atoms with van der Waals surface area (Å²) in [7, 11) is 0. The van der Waals surface area contributed by atoms with Gasteiger partial charge in [-0.15, -0.1) is 10.2 Å². The molecule has 2 aliphatic rings. The highest BCUT2D eigenvalue weighted by Gasteiger charge is 2.60. The summed E-state index contributed by atoms with van der Waals surface area (Å²) >= 11 is 2.78. The maximum absolute atomic E-state index is 12.3. The molecule has 1 amide bonds. The number of amides is 1. The molecular weight excluding hydrogens is 352 g/mol. The number of fused-ring (bicyclic) bond motifs is 1. The lowest BCUT2D eigenvalue weighted by molar-refractivity contribution is -0.163. The summed E-state index contributed by atoms with van der Waals surface area (Å²) in [6.45, 7) is 1.95. The number of aliphatic carboxylic acids is 1. The van der Waals surface area contributed by atoms with Crippen molar-refractivity contribution >= 4 is 35.0 Å². The number of aromatic nitrogens is 2. The molecule has 0 unspecified atom stereocenters. The second-order valence-electron chi connectivity index (χ2n) is 5.82. The highest BCUT2D eigenvalue weighted by atomic mass is 32.2. The van der Waals surface area contributed by atoms with E-state index in [1.54, 1.807) is 12.4 Å². The Kier molecular flexibility index (Phi) is 4.90. The minimum absolute atomic E-state index is 0.0392. The SMILES string of the molecule is C[C@@H](O)[C@H]1C(=O)N2C(C(=O)O)=C(CSc3nncs3)[C@H](CCN)[C@H]12. The van der Waals surface area contributed by atoms with Crippen LogP contribution >= 0.6 is 23.1 Å². The van der Waals surface area contributed by atoms with Gasteiger partial charge < -0.3 is 20.8 Å². The van der Waals surface area contributed by atoms with E-state index < -0.39 is 18.0 Å². The first kappa shape index (κ1) is 17.3. The number of carbonyl (C=O) groups is 2. The summed E-state index contributed by atoms with van der Waals surface area (Å²) in [5.41, 5.74) is 8.05. The molecule has 0 radical (unpaired) electrons. The molecule has 0 saturated carbocycles. The minimum atomic E-state index is -1.12. The molecule has 24 heavy (non-hydrogen) atoms. The van der Waals surface area contributed by atoms with Crippen molar-refractivity contribution < 1.29 is 19.8 Å². The molecule has 10 heteroatoms. The van der Waals surface area contributed by atoms with Crippen molar-refractivity contribution in [1.29, 1.82) is 0 Å². The number of carbonyl (C=O) groups excluding carboxylic acids is 1. The molecule has 4 atom stereocenters. The average molecular weight is 370 g/mol. The van der Waals surface area contributed by atoms with Gasteiger partial charge in [0, 0.05) is 11.7 Å². The molecule has 1 aromatic rings. The average Bonchev–Trinajstić information content (AvgIpc) is 3.10. The van der Waals surface area contributed by atoms with Gasteiger partial charge in [0.05, 0.1) is 18.1 Å². The highest BCUT2D eigenvalue weighted by molar-refractivity contribution is 8.01. The zero-order chi connectivity index (χ0) is 17.4. The van der Waals surface area contributed by atoms with Gasteiger partial charge in [-0.2, -0.15) is 0 Å². The first-order valence-corrected chi connectivity index (χ1v) is 9.40. The molecule has 1 fully saturated rings. The molecule has 3 rings (SSSR count). The Morgan fingerprint density at radius 1 is 1.58 bits per heavy atom. The predicted molar refractivity (Wildman–Crippen MR) is 88.3 cm³/mol. The van der Waals surface area contributed by atoms with Gasteiger partial charge in [-0.05, 0) is 25.5 Å². The van der Waals surface area contributed by atoms with Crippen LogP contribution in [0.4, 0.5) is 0 Å². The van der Waals surface area contributed by atoms with Crippen LogP contribution in [0.2, 0.25) is 0 Å².